The Bertz CT molecular complexity index is 1140. The van der Waals surface area contributed by atoms with Crippen molar-refractivity contribution in [1.29, 1.82) is 0 Å². The van der Waals surface area contributed by atoms with Gasteiger partial charge in [-0.05, 0) is 37.7 Å². The second-order valence-corrected chi connectivity index (χ2v) is 11.3. The molecule has 2 atom stereocenters. The Morgan fingerprint density at radius 1 is 1.18 bits per heavy atom. The lowest BCUT2D eigenvalue weighted by molar-refractivity contribution is 0.114. The van der Waals surface area contributed by atoms with Crippen molar-refractivity contribution in [2.24, 2.45) is 5.92 Å². The molecule has 0 radical (unpaired) electrons. The first-order chi connectivity index (χ1) is 16.1. The Labute approximate surface area is 200 Å². The first kappa shape index (κ1) is 21.4. The van der Waals surface area contributed by atoms with Gasteiger partial charge in [0.15, 0.2) is 11.6 Å². The summed E-state index contributed by atoms with van der Waals surface area (Å²) in [5.41, 5.74) is 1.98. The first-order valence-electron chi connectivity index (χ1n) is 11.7. The van der Waals surface area contributed by atoms with E-state index in [-0.39, 0.29) is 18.1 Å². The van der Waals surface area contributed by atoms with Gasteiger partial charge in [-0.25, -0.2) is 15.0 Å². The molecule has 1 saturated carbocycles. The van der Waals surface area contributed by atoms with E-state index in [9.17, 15) is 9.32 Å². The molecule has 1 saturated heterocycles. The van der Waals surface area contributed by atoms with E-state index in [0.717, 1.165) is 67.2 Å². The van der Waals surface area contributed by atoms with Gasteiger partial charge in [0.2, 0.25) is 5.95 Å². The summed E-state index contributed by atoms with van der Waals surface area (Å²) >= 11 is 5.92. The highest BCUT2D eigenvalue weighted by Crippen LogP contribution is 2.52. The van der Waals surface area contributed by atoms with Crippen LogP contribution in [-0.4, -0.2) is 66.8 Å². The molecule has 4 aliphatic rings. The molecule has 33 heavy (non-hydrogen) atoms. The fourth-order valence-corrected chi connectivity index (χ4v) is 7.26. The second-order valence-electron chi connectivity index (χ2n) is 9.35. The number of anilines is 2. The van der Waals surface area contributed by atoms with Crippen LogP contribution in [0.25, 0.3) is 5.57 Å². The molecular weight excluding hydrogens is 460 g/mol. The van der Waals surface area contributed by atoms with Gasteiger partial charge in [-0.2, -0.15) is 4.98 Å². The summed E-state index contributed by atoms with van der Waals surface area (Å²) in [5.74, 6) is 3.14. The lowest BCUT2D eigenvalue weighted by atomic mass is 9.69. The highest BCUT2D eigenvalue weighted by Gasteiger charge is 2.53. The Morgan fingerprint density at radius 2 is 2.00 bits per heavy atom. The zero-order chi connectivity index (χ0) is 22.6. The van der Waals surface area contributed by atoms with Gasteiger partial charge in [0, 0.05) is 62.3 Å². The molecule has 10 heteroatoms. The predicted octanol–water partition coefficient (Wildman–Crippen LogP) is 2.62. The van der Waals surface area contributed by atoms with Crippen LogP contribution in [-0.2, 0) is 17.2 Å². The van der Waals surface area contributed by atoms with Crippen molar-refractivity contribution in [1.82, 2.24) is 19.9 Å². The molecule has 2 aromatic heterocycles. The van der Waals surface area contributed by atoms with Crippen LogP contribution in [0.2, 0.25) is 5.02 Å². The van der Waals surface area contributed by atoms with Crippen molar-refractivity contribution in [2.75, 3.05) is 41.8 Å². The second kappa shape index (κ2) is 8.29. The lowest BCUT2D eigenvalue weighted by Gasteiger charge is -2.50. The minimum Gasteiger partial charge on any atom is -0.396 e. The minimum absolute atomic E-state index is 0.0399. The SMILES string of the molecule is O=[S@]1CCc2nc(N3CC=C(c4ncc(Cl)cn4)CC3)nc(N3CC[C@@H](CO)C34CCC4)c21. The first-order valence-corrected chi connectivity index (χ1v) is 13.4. The molecule has 174 valence electrons. The van der Waals surface area contributed by atoms with Crippen LogP contribution in [0.3, 0.4) is 0 Å². The van der Waals surface area contributed by atoms with Crippen LogP contribution in [0.1, 0.15) is 43.6 Å². The van der Waals surface area contributed by atoms with Gasteiger partial charge in [-0.1, -0.05) is 17.7 Å². The standard InChI is InChI=1S/C23H27ClN6O2S/c24-17-12-25-20(26-13-17)15-2-8-29(9-3-15)22-27-18-5-11-33(32)19(18)21(28-22)30-10-4-16(14-31)23(30)6-1-7-23/h2,12-13,16,31H,1,3-11,14H2/t16-,33-/m0/s1. The molecular formula is C23H27ClN6O2S. The third-order valence-corrected chi connectivity index (χ3v) is 9.40. The maximum atomic E-state index is 12.9. The van der Waals surface area contributed by atoms with Crippen molar-refractivity contribution < 1.29 is 9.32 Å². The van der Waals surface area contributed by atoms with E-state index in [4.69, 9.17) is 21.6 Å². The number of nitrogens with zero attached hydrogens (tertiary/aromatic N) is 6. The van der Waals surface area contributed by atoms with Crippen LogP contribution >= 0.6 is 11.6 Å². The largest absolute Gasteiger partial charge is 0.396 e. The maximum absolute atomic E-state index is 12.9. The smallest absolute Gasteiger partial charge is 0.227 e. The van der Waals surface area contributed by atoms with Gasteiger partial charge in [0.1, 0.15) is 4.90 Å². The lowest BCUT2D eigenvalue weighted by Crippen LogP contribution is -2.55. The van der Waals surface area contributed by atoms with E-state index in [2.05, 4.69) is 25.8 Å². The van der Waals surface area contributed by atoms with E-state index in [1.54, 1.807) is 12.4 Å². The van der Waals surface area contributed by atoms with E-state index < -0.39 is 10.8 Å². The molecule has 0 unspecified atom stereocenters. The highest BCUT2D eigenvalue weighted by molar-refractivity contribution is 7.85. The number of rotatable bonds is 4. The van der Waals surface area contributed by atoms with Crippen molar-refractivity contribution in [3.8, 4) is 0 Å². The van der Waals surface area contributed by atoms with E-state index in [0.29, 0.717) is 29.1 Å². The monoisotopic (exact) mass is 486 g/mol. The van der Waals surface area contributed by atoms with Crippen LogP contribution in [0.4, 0.5) is 11.8 Å². The van der Waals surface area contributed by atoms with E-state index >= 15 is 0 Å². The summed E-state index contributed by atoms with van der Waals surface area (Å²) < 4.78 is 12.9. The number of aryl methyl sites for hydroxylation is 1. The Morgan fingerprint density at radius 3 is 2.67 bits per heavy atom. The van der Waals surface area contributed by atoms with Gasteiger partial charge in [0.25, 0.3) is 0 Å². The van der Waals surface area contributed by atoms with Crippen molar-refractivity contribution >= 4 is 39.7 Å². The number of aliphatic hydroxyl groups is 1. The van der Waals surface area contributed by atoms with Gasteiger partial charge in [-0.3, -0.25) is 4.21 Å². The summed E-state index contributed by atoms with van der Waals surface area (Å²) in [6.07, 6.45) is 11.2. The topological polar surface area (TPSA) is 95.3 Å². The number of aromatic nitrogens is 4. The average Bonchev–Trinajstić information content (AvgIpc) is 3.40. The third-order valence-electron chi connectivity index (χ3n) is 7.75. The van der Waals surface area contributed by atoms with Crippen LogP contribution in [0, 0.1) is 5.92 Å². The molecule has 6 rings (SSSR count). The van der Waals surface area contributed by atoms with Crippen molar-refractivity contribution in [3.63, 3.8) is 0 Å². The summed E-state index contributed by atoms with van der Waals surface area (Å²) in [6, 6.07) is 0. The molecule has 2 fully saturated rings. The quantitative estimate of drug-likeness (QED) is 0.704. The number of aliphatic hydroxyl groups excluding tert-OH is 1. The molecule has 1 spiro atoms. The highest BCUT2D eigenvalue weighted by atomic mass is 35.5. The molecule has 1 N–H and O–H groups in total. The Hall–Kier alpha value is -2.10. The molecule has 3 aliphatic heterocycles. The fraction of sp³-hybridized carbons (Fsp3) is 0.565. The van der Waals surface area contributed by atoms with Crippen molar-refractivity contribution in [3.05, 3.63) is 35.0 Å². The fourth-order valence-electron chi connectivity index (χ4n) is 5.81. The minimum atomic E-state index is -1.06. The molecule has 0 aromatic carbocycles. The molecule has 8 nitrogen and oxygen atoms in total. The van der Waals surface area contributed by atoms with Crippen molar-refractivity contribution in [2.45, 2.75) is 49.0 Å². The summed E-state index contributed by atoms with van der Waals surface area (Å²) in [4.78, 5) is 24.0. The van der Waals surface area contributed by atoms with Crippen LogP contribution in [0.15, 0.2) is 23.4 Å². The molecule has 0 bridgehead atoms. The predicted molar refractivity (Wildman–Crippen MR) is 128 cm³/mol. The number of fused-ring (bicyclic) bond motifs is 1. The zero-order valence-corrected chi connectivity index (χ0v) is 20.0. The normalized spacial score (nSPS) is 25.8. The Balaban J connectivity index is 1.33. The Kier molecular flexibility index (Phi) is 5.38. The van der Waals surface area contributed by atoms with Gasteiger partial charge >= 0.3 is 0 Å². The molecule has 2 aromatic rings. The molecule has 0 amide bonds. The zero-order valence-electron chi connectivity index (χ0n) is 18.4. The van der Waals surface area contributed by atoms with Gasteiger partial charge < -0.3 is 14.9 Å². The van der Waals surface area contributed by atoms with Gasteiger partial charge in [-0.15, -0.1) is 0 Å². The molecule has 1 aliphatic carbocycles. The summed E-state index contributed by atoms with van der Waals surface area (Å²) in [7, 11) is -1.06. The number of halogens is 1. The number of hydrogen-bond acceptors (Lipinski definition) is 8. The third kappa shape index (κ3) is 3.47. The van der Waals surface area contributed by atoms with E-state index in [1.165, 1.54) is 6.42 Å². The number of hydrogen-bond donors (Lipinski definition) is 1. The average molecular weight is 487 g/mol. The van der Waals surface area contributed by atoms with Crippen LogP contribution in [0.5, 0.6) is 0 Å². The summed E-state index contributed by atoms with van der Waals surface area (Å²) in [5, 5.41) is 10.5. The van der Waals surface area contributed by atoms with Gasteiger partial charge in [0.05, 0.1) is 21.5 Å². The summed E-state index contributed by atoms with van der Waals surface area (Å²) in [6.45, 7) is 2.49. The molecule has 5 heterocycles. The van der Waals surface area contributed by atoms with Crippen LogP contribution < -0.4 is 9.80 Å². The maximum Gasteiger partial charge on any atom is 0.227 e. The van der Waals surface area contributed by atoms with E-state index in [1.807, 2.05) is 0 Å².